The molecule has 17 heavy (non-hydrogen) atoms. The van der Waals surface area contributed by atoms with Crippen LogP contribution in [0.2, 0.25) is 0 Å². The topological polar surface area (TPSA) is 12.4 Å². The number of halogens is 1. The predicted octanol–water partition coefficient (Wildman–Crippen LogP) is 4.66. The molecule has 0 bridgehead atoms. The van der Waals surface area contributed by atoms with Gasteiger partial charge in [0.25, 0.3) is 0 Å². The SMILES string of the molecule is Cc1ccc(C)c(N=Cc2ccccc2I)c1. The highest BCUT2D eigenvalue weighted by molar-refractivity contribution is 14.1. The van der Waals surface area contributed by atoms with E-state index in [4.69, 9.17) is 0 Å². The summed E-state index contributed by atoms with van der Waals surface area (Å²) in [4.78, 5) is 4.57. The second-order valence-electron chi connectivity index (χ2n) is 4.07. The summed E-state index contributed by atoms with van der Waals surface area (Å²) in [5.74, 6) is 0. The molecule has 0 saturated heterocycles. The van der Waals surface area contributed by atoms with Gasteiger partial charge < -0.3 is 0 Å². The Morgan fingerprint density at radius 3 is 2.59 bits per heavy atom. The lowest BCUT2D eigenvalue weighted by Crippen LogP contribution is -1.85. The monoisotopic (exact) mass is 335 g/mol. The molecule has 0 aliphatic heterocycles. The quantitative estimate of drug-likeness (QED) is 0.559. The molecular formula is C15H14IN. The fourth-order valence-corrected chi connectivity index (χ4v) is 2.10. The molecule has 0 aromatic heterocycles. The van der Waals surface area contributed by atoms with E-state index in [-0.39, 0.29) is 0 Å². The fraction of sp³-hybridized carbons (Fsp3) is 0.133. The van der Waals surface area contributed by atoms with Gasteiger partial charge in [-0.15, -0.1) is 0 Å². The minimum absolute atomic E-state index is 1.05. The molecule has 86 valence electrons. The average molecular weight is 335 g/mol. The molecule has 1 nitrogen and oxygen atoms in total. The van der Waals surface area contributed by atoms with Crippen LogP contribution in [0.5, 0.6) is 0 Å². The van der Waals surface area contributed by atoms with Gasteiger partial charge in [0.05, 0.1) is 5.69 Å². The van der Waals surface area contributed by atoms with Crippen molar-refractivity contribution in [1.29, 1.82) is 0 Å². The molecule has 0 amide bonds. The van der Waals surface area contributed by atoms with Crippen LogP contribution >= 0.6 is 22.6 Å². The van der Waals surface area contributed by atoms with Crippen molar-refractivity contribution in [3.05, 3.63) is 62.7 Å². The summed E-state index contributed by atoms with van der Waals surface area (Å²) >= 11 is 2.33. The first-order chi connectivity index (χ1) is 8.16. The Bertz CT molecular complexity index is 559. The van der Waals surface area contributed by atoms with Gasteiger partial charge in [-0.05, 0) is 59.7 Å². The molecule has 0 unspecified atom stereocenters. The number of nitrogens with zero attached hydrogens (tertiary/aromatic N) is 1. The lowest BCUT2D eigenvalue weighted by atomic mass is 10.1. The summed E-state index contributed by atoms with van der Waals surface area (Å²) in [5.41, 5.74) is 4.65. The van der Waals surface area contributed by atoms with E-state index in [1.54, 1.807) is 0 Å². The number of rotatable bonds is 2. The van der Waals surface area contributed by atoms with Gasteiger partial charge >= 0.3 is 0 Å². The molecule has 0 spiro atoms. The lowest BCUT2D eigenvalue weighted by molar-refractivity contribution is 1.35. The zero-order valence-electron chi connectivity index (χ0n) is 9.94. The Labute approximate surface area is 116 Å². The maximum absolute atomic E-state index is 4.57. The second kappa shape index (κ2) is 5.45. The maximum Gasteiger partial charge on any atom is 0.0661 e. The normalized spacial score (nSPS) is 11.0. The molecule has 0 heterocycles. The molecule has 2 aromatic carbocycles. The summed E-state index contributed by atoms with van der Waals surface area (Å²) in [6, 6.07) is 14.6. The molecule has 0 radical (unpaired) electrons. The van der Waals surface area contributed by atoms with Crippen LogP contribution in [0, 0.1) is 17.4 Å². The molecule has 0 aliphatic rings. The van der Waals surface area contributed by atoms with Crippen LogP contribution in [-0.4, -0.2) is 6.21 Å². The van der Waals surface area contributed by atoms with Crippen molar-refractivity contribution in [2.24, 2.45) is 4.99 Å². The molecule has 0 N–H and O–H groups in total. The van der Waals surface area contributed by atoms with Gasteiger partial charge in [0.2, 0.25) is 0 Å². The van der Waals surface area contributed by atoms with Crippen molar-refractivity contribution in [3.63, 3.8) is 0 Å². The molecule has 2 heteroatoms. The van der Waals surface area contributed by atoms with Crippen molar-refractivity contribution < 1.29 is 0 Å². The standard InChI is InChI=1S/C15H14IN/c1-11-7-8-12(2)15(9-11)17-10-13-5-3-4-6-14(13)16/h3-10H,1-2H3. The van der Waals surface area contributed by atoms with Gasteiger partial charge in [-0.25, -0.2) is 0 Å². The third kappa shape index (κ3) is 3.16. The van der Waals surface area contributed by atoms with E-state index in [2.05, 4.69) is 71.8 Å². The van der Waals surface area contributed by atoms with Gasteiger partial charge in [0, 0.05) is 15.3 Å². The predicted molar refractivity (Wildman–Crippen MR) is 82.3 cm³/mol. The molecular weight excluding hydrogens is 321 g/mol. The Kier molecular flexibility index (Phi) is 3.94. The van der Waals surface area contributed by atoms with E-state index in [0.29, 0.717) is 0 Å². The van der Waals surface area contributed by atoms with E-state index >= 15 is 0 Å². The van der Waals surface area contributed by atoms with E-state index in [9.17, 15) is 0 Å². The van der Waals surface area contributed by atoms with Crippen molar-refractivity contribution in [3.8, 4) is 0 Å². The fourth-order valence-electron chi connectivity index (χ4n) is 1.58. The number of aliphatic imine (C=N–C) groups is 1. The maximum atomic E-state index is 4.57. The number of benzene rings is 2. The minimum atomic E-state index is 1.05. The Hall–Kier alpha value is -1.16. The molecule has 2 aromatic rings. The molecule has 0 aliphatic carbocycles. The van der Waals surface area contributed by atoms with Crippen LogP contribution in [0.3, 0.4) is 0 Å². The Morgan fingerprint density at radius 2 is 1.82 bits per heavy atom. The smallest absolute Gasteiger partial charge is 0.0661 e. The van der Waals surface area contributed by atoms with Gasteiger partial charge in [-0.1, -0.05) is 30.3 Å². The first-order valence-electron chi connectivity index (χ1n) is 5.52. The highest BCUT2D eigenvalue weighted by Gasteiger charge is 1.97. The van der Waals surface area contributed by atoms with Crippen molar-refractivity contribution in [1.82, 2.24) is 0 Å². The highest BCUT2D eigenvalue weighted by Crippen LogP contribution is 2.20. The third-order valence-corrected chi connectivity index (χ3v) is 3.59. The number of hydrogen-bond acceptors (Lipinski definition) is 1. The molecule has 0 atom stereocenters. The largest absolute Gasteiger partial charge is 0.256 e. The minimum Gasteiger partial charge on any atom is -0.256 e. The first-order valence-corrected chi connectivity index (χ1v) is 6.60. The van der Waals surface area contributed by atoms with Gasteiger partial charge in [-0.3, -0.25) is 4.99 Å². The van der Waals surface area contributed by atoms with E-state index in [1.165, 1.54) is 14.7 Å². The zero-order chi connectivity index (χ0) is 12.3. The van der Waals surface area contributed by atoms with Crippen molar-refractivity contribution >= 4 is 34.5 Å². The van der Waals surface area contributed by atoms with Gasteiger partial charge in [0.1, 0.15) is 0 Å². The van der Waals surface area contributed by atoms with Crippen LogP contribution in [0.4, 0.5) is 5.69 Å². The van der Waals surface area contributed by atoms with Crippen LogP contribution in [0.25, 0.3) is 0 Å². The molecule has 0 saturated carbocycles. The van der Waals surface area contributed by atoms with Crippen molar-refractivity contribution in [2.45, 2.75) is 13.8 Å². The number of aryl methyl sites for hydroxylation is 2. The van der Waals surface area contributed by atoms with Crippen molar-refractivity contribution in [2.75, 3.05) is 0 Å². The van der Waals surface area contributed by atoms with Crippen LogP contribution in [0.1, 0.15) is 16.7 Å². The summed E-state index contributed by atoms with van der Waals surface area (Å²) < 4.78 is 1.22. The third-order valence-electron chi connectivity index (χ3n) is 2.61. The summed E-state index contributed by atoms with van der Waals surface area (Å²) in [7, 11) is 0. The Balaban J connectivity index is 2.32. The van der Waals surface area contributed by atoms with Gasteiger partial charge in [-0.2, -0.15) is 0 Å². The molecule has 0 fully saturated rings. The molecule has 2 rings (SSSR count). The highest BCUT2D eigenvalue weighted by atomic mass is 127. The number of hydrogen-bond donors (Lipinski definition) is 0. The van der Waals surface area contributed by atoms with Gasteiger partial charge in [0.15, 0.2) is 0 Å². The van der Waals surface area contributed by atoms with E-state index in [0.717, 1.165) is 11.3 Å². The second-order valence-corrected chi connectivity index (χ2v) is 5.23. The zero-order valence-corrected chi connectivity index (χ0v) is 12.1. The summed E-state index contributed by atoms with van der Waals surface area (Å²) in [6.45, 7) is 4.17. The van der Waals surface area contributed by atoms with Crippen LogP contribution in [-0.2, 0) is 0 Å². The summed E-state index contributed by atoms with van der Waals surface area (Å²) in [6.07, 6.45) is 1.93. The first kappa shape index (κ1) is 12.3. The summed E-state index contributed by atoms with van der Waals surface area (Å²) in [5, 5.41) is 0. The van der Waals surface area contributed by atoms with E-state index in [1.807, 2.05) is 18.3 Å². The van der Waals surface area contributed by atoms with Crippen LogP contribution in [0.15, 0.2) is 47.5 Å². The lowest BCUT2D eigenvalue weighted by Gasteiger charge is -2.02. The van der Waals surface area contributed by atoms with Crippen LogP contribution < -0.4 is 0 Å². The van der Waals surface area contributed by atoms with E-state index < -0.39 is 0 Å². The Morgan fingerprint density at radius 1 is 1.06 bits per heavy atom. The average Bonchev–Trinajstić information content (AvgIpc) is 2.32.